The molecule has 0 radical (unpaired) electrons. The van der Waals surface area contributed by atoms with E-state index < -0.39 is 5.69 Å². The summed E-state index contributed by atoms with van der Waals surface area (Å²) in [6.07, 6.45) is 1.56. The largest absolute Gasteiger partial charge is 0.493 e. The Hall–Kier alpha value is -2.32. The Morgan fingerprint density at radius 2 is 1.88 bits per heavy atom. The van der Waals surface area contributed by atoms with Crippen LogP contribution >= 0.6 is 31.9 Å². The molecule has 2 aliphatic rings. The number of aromatic amines is 1. The molecule has 0 amide bonds. The normalized spacial score (nSPS) is 11.3. The molecule has 2 heterocycles. The van der Waals surface area contributed by atoms with Crippen LogP contribution in [0.3, 0.4) is 0 Å². The summed E-state index contributed by atoms with van der Waals surface area (Å²) in [5.74, 6) is 0.656. The molecular formula is C18H13Br2N3O3. The van der Waals surface area contributed by atoms with Gasteiger partial charge in [0.1, 0.15) is 11.4 Å². The molecule has 0 aliphatic carbocycles. The first kappa shape index (κ1) is 17.1. The van der Waals surface area contributed by atoms with Crippen molar-refractivity contribution < 1.29 is 4.74 Å². The predicted octanol–water partition coefficient (Wildman–Crippen LogP) is 3.83. The maximum absolute atomic E-state index is 13.0. The Labute approximate surface area is 164 Å². The summed E-state index contributed by atoms with van der Waals surface area (Å²) in [5, 5.41) is 0. The fourth-order valence-electron chi connectivity index (χ4n) is 2.95. The number of aromatic nitrogens is 3. The number of imidazole rings is 1. The van der Waals surface area contributed by atoms with Crippen molar-refractivity contribution in [3.63, 3.8) is 0 Å². The van der Waals surface area contributed by atoms with Gasteiger partial charge in [-0.25, -0.2) is 9.36 Å². The number of hydrogen-bond donors (Lipinski definition) is 1. The van der Waals surface area contributed by atoms with E-state index in [1.165, 1.54) is 4.57 Å². The smallest absolute Gasteiger partial charge is 0.341 e. The zero-order valence-corrected chi connectivity index (χ0v) is 16.8. The van der Waals surface area contributed by atoms with E-state index in [0.29, 0.717) is 28.0 Å². The lowest BCUT2D eigenvalue weighted by Gasteiger charge is -2.07. The van der Waals surface area contributed by atoms with Crippen LogP contribution in [0.4, 0.5) is 0 Å². The third-order valence-corrected chi connectivity index (χ3v) is 5.20. The summed E-state index contributed by atoms with van der Waals surface area (Å²) < 4.78 is 9.57. The van der Waals surface area contributed by atoms with Crippen LogP contribution in [0.15, 0.2) is 61.1 Å². The molecule has 0 fully saturated rings. The average molecular weight is 479 g/mol. The van der Waals surface area contributed by atoms with Gasteiger partial charge in [-0.15, -0.1) is 0 Å². The summed E-state index contributed by atoms with van der Waals surface area (Å²) in [7, 11) is 0. The lowest BCUT2D eigenvalue weighted by atomic mass is 10.3. The predicted molar refractivity (Wildman–Crippen MR) is 107 cm³/mol. The van der Waals surface area contributed by atoms with Gasteiger partial charge in [0.05, 0.1) is 27.8 Å². The maximum Gasteiger partial charge on any atom is 0.341 e. The van der Waals surface area contributed by atoms with Crippen LogP contribution in [0.5, 0.6) is 5.75 Å². The molecule has 2 aliphatic heterocycles. The number of H-pyrrole nitrogens is 1. The molecule has 132 valence electrons. The molecule has 0 aromatic heterocycles. The lowest BCUT2D eigenvalue weighted by Crippen LogP contribution is -2.25. The highest BCUT2D eigenvalue weighted by molar-refractivity contribution is 9.10. The highest BCUT2D eigenvalue weighted by Crippen LogP contribution is 2.27. The highest BCUT2D eigenvalue weighted by Gasteiger charge is 2.21. The number of hydrogen-bond acceptors (Lipinski definition) is 3. The number of ether oxygens (including phenoxy) is 1. The van der Waals surface area contributed by atoms with Gasteiger partial charge in [-0.3, -0.25) is 9.36 Å². The SMILES string of the molecule is CCOc1ccc(-n2c(=O)c3c[nH]c4ccc(Br)cc4n-3c2=O)cc1Br. The Balaban J connectivity index is 2.03. The van der Waals surface area contributed by atoms with Crippen molar-refractivity contribution in [2.75, 3.05) is 6.61 Å². The van der Waals surface area contributed by atoms with Crippen molar-refractivity contribution in [1.29, 1.82) is 0 Å². The second kappa shape index (κ2) is 6.44. The minimum atomic E-state index is -0.418. The minimum Gasteiger partial charge on any atom is -0.493 e. The fourth-order valence-corrected chi connectivity index (χ4v) is 3.78. The Morgan fingerprint density at radius 3 is 2.62 bits per heavy atom. The molecule has 0 spiro atoms. The Bertz CT molecular complexity index is 1220. The molecule has 2 aromatic rings. The molecule has 2 aromatic carbocycles. The third-order valence-electron chi connectivity index (χ3n) is 4.08. The van der Waals surface area contributed by atoms with Crippen molar-refractivity contribution in [1.82, 2.24) is 14.1 Å². The van der Waals surface area contributed by atoms with Crippen LogP contribution < -0.4 is 16.0 Å². The second-order valence-electron chi connectivity index (χ2n) is 5.64. The van der Waals surface area contributed by atoms with Gasteiger partial charge < -0.3 is 9.72 Å². The number of benzene rings is 2. The molecular weight excluding hydrogens is 466 g/mol. The van der Waals surface area contributed by atoms with Crippen molar-refractivity contribution >= 4 is 42.9 Å². The monoisotopic (exact) mass is 477 g/mol. The molecule has 0 saturated carbocycles. The number of nitrogens with zero attached hydrogens (tertiary/aromatic N) is 2. The van der Waals surface area contributed by atoms with Crippen molar-refractivity contribution in [3.05, 3.63) is 72.4 Å². The van der Waals surface area contributed by atoms with Crippen molar-refractivity contribution in [2.24, 2.45) is 0 Å². The zero-order valence-electron chi connectivity index (χ0n) is 13.6. The molecule has 1 N–H and O–H groups in total. The van der Waals surface area contributed by atoms with Crippen LogP contribution in [0.1, 0.15) is 6.92 Å². The number of halogens is 2. The topological polar surface area (TPSA) is 69.0 Å². The van der Waals surface area contributed by atoms with E-state index in [0.717, 1.165) is 14.6 Å². The molecule has 0 atom stereocenters. The summed E-state index contributed by atoms with van der Waals surface area (Å²) in [6, 6.07) is 10.7. The lowest BCUT2D eigenvalue weighted by molar-refractivity contribution is 0.338. The van der Waals surface area contributed by atoms with E-state index >= 15 is 0 Å². The van der Waals surface area contributed by atoms with Crippen LogP contribution in [0, 0.1) is 0 Å². The first-order valence-corrected chi connectivity index (χ1v) is 9.47. The molecule has 26 heavy (non-hydrogen) atoms. The van der Waals surface area contributed by atoms with Crippen LogP contribution in [-0.4, -0.2) is 20.7 Å². The van der Waals surface area contributed by atoms with E-state index in [9.17, 15) is 9.59 Å². The van der Waals surface area contributed by atoms with Gasteiger partial charge in [0.15, 0.2) is 0 Å². The zero-order chi connectivity index (χ0) is 18.4. The van der Waals surface area contributed by atoms with Gasteiger partial charge in [-0.2, -0.15) is 0 Å². The van der Waals surface area contributed by atoms with E-state index in [-0.39, 0.29) is 11.2 Å². The van der Waals surface area contributed by atoms with Gasteiger partial charge in [-0.05, 0) is 59.3 Å². The first-order valence-electron chi connectivity index (χ1n) is 7.88. The molecule has 6 nitrogen and oxygen atoms in total. The standard InChI is InChI=1S/C18H13Br2N3O3/c1-2-26-16-6-4-11(8-12(16)20)22-17(24)15-9-21-13-5-3-10(19)7-14(13)23(15)18(22)25/h3-9,21H,2H2,1H3. The first-order chi connectivity index (χ1) is 12.5. The minimum absolute atomic E-state index is 0.283. The molecule has 4 rings (SSSR count). The van der Waals surface area contributed by atoms with Gasteiger partial charge in [0.25, 0.3) is 5.56 Å². The maximum atomic E-state index is 13.0. The molecule has 0 unspecified atom stereocenters. The van der Waals surface area contributed by atoms with Crippen LogP contribution in [0.2, 0.25) is 0 Å². The Kier molecular flexibility index (Phi) is 4.24. The summed E-state index contributed by atoms with van der Waals surface area (Å²) in [5.41, 5.74) is 1.34. The van der Waals surface area contributed by atoms with E-state index in [2.05, 4.69) is 36.8 Å². The van der Waals surface area contributed by atoms with Crippen LogP contribution in [-0.2, 0) is 0 Å². The summed E-state index contributed by atoms with van der Waals surface area (Å²) in [4.78, 5) is 29.0. The summed E-state index contributed by atoms with van der Waals surface area (Å²) in [6.45, 7) is 2.42. The van der Waals surface area contributed by atoms with Gasteiger partial charge in [0, 0.05) is 10.7 Å². The van der Waals surface area contributed by atoms with E-state index in [1.54, 1.807) is 30.5 Å². The molecule has 8 heteroatoms. The second-order valence-corrected chi connectivity index (χ2v) is 7.41. The van der Waals surface area contributed by atoms with Gasteiger partial charge in [0.2, 0.25) is 0 Å². The quantitative estimate of drug-likeness (QED) is 0.486. The Morgan fingerprint density at radius 1 is 1.08 bits per heavy atom. The van der Waals surface area contributed by atoms with Crippen LogP contribution in [0.25, 0.3) is 22.4 Å². The van der Waals surface area contributed by atoms with Gasteiger partial charge >= 0.3 is 5.69 Å². The number of rotatable bonds is 3. The van der Waals surface area contributed by atoms with Crippen molar-refractivity contribution in [3.8, 4) is 17.1 Å². The summed E-state index contributed by atoms with van der Waals surface area (Å²) >= 11 is 6.84. The highest BCUT2D eigenvalue weighted by atomic mass is 79.9. The molecule has 0 bridgehead atoms. The molecule has 0 saturated heterocycles. The van der Waals surface area contributed by atoms with E-state index in [4.69, 9.17) is 4.74 Å². The fraction of sp³-hybridized carbons (Fsp3) is 0.111. The average Bonchev–Trinajstić information content (AvgIpc) is 2.88. The number of fused-ring (bicyclic) bond motifs is 3. The third kappa shape index (κ3) is 2.60. The van der Waals surface area contributed by atoms with Crippen molar-refractivity contribution in [2.45, 2.75) is 6.92 Å². The van der Waals surface area contributed by atoms with E-state index in [1.807, 2.05) is 19.1 Å². The number of nitrogens with one attached hydrogen (secondary N) is 1. The van der Waals surface area contributed by atoms with Gasteiger partial charge in [-0.1, -0.05) is 15.9 Å².